The van der Waals surface area contributed by atoms with E-state index in [9.17, 15) is 9.18 Å². The number of nitrogens with two attached hydrogens (primary N) is 1. The highest BCUT2D eigenvalue weighted by molar-refractivity contribution is 7.80. The number of amides is 1. The summed E-state index contributed by atoms with van der Waals surface area (Å²) in [5, 5.41) is 2.79. The van der Waals surface area contributed by atoms with Crippen LogP contribution < -0.4 is 11.1 Å². The zero-order chi connectivity index (χ0) is 14.6. The minimum atomic E-state index is -0.846. The molecule has 1 aliphatic rings. The van der Waals surface area contributed by atoms with Crippen LogP contribution in [0.2, 0.25) is 0 Å². The van der Waals surface area contributed by atoms with Crippen molar-refractivity contribution in [1.82, 2.24) is 5.32 Å². The van der Waals surface area contributed by atoms with Crippen LogP contribution in [-0.2, 0) is 16.1 Å². The largest absolute Gasteiger partial charge is 0.392 e. The van der Waals surface area contributed by atoms with E-state index in [1.54, 1.807) is 12.1 Å². The molecule has 0 saturated carbocycles. The molecule has 0 atom stereocenters. The molecular formula is C14H17FN2O2S. The molecule has 0 unspecified atom stereocenters. The summed E-state index contributed by atoms with van der Waals surface area (Å²) in [4.78, 5) is 12.6. The van der Waals surface area contributed by atoms with Crippen molar-refractivity contribution in [2.45, 2.75) is 19.4 Å². The summed E-state index contributed by atoms with van der Waals surface area (Å²) in [5.74, 6) is -0.538. The Labute approximate surface area is 122 Å². The fourth-order valence-electron chi connectivity index (χ4n) is 2.30. The predicted octanol–water partition coefficient (Wildman–Crippen LogP) is 1.52. The summed E-state index contributed by atoms with van der Waals surface area (Å²) in [7, 11) is 0. The van der Waals surface area contributed by atoms with E-state index < -0.39 is 5.41 Å². The van der Waals surface area contributed by atoms with Crippen LogP contribution in [0.15, 0.2) is 24.3 Å². The third-order valence-corrected chi connectivity index (χ3v) is 3.99. The third-order valence-electron chi connectivity index (χ3n) is 3.59. The molecule has 3 N–H and O–H groups in total. The molecular weight excluding hydrogens is 279 g/mol. The topological polar surface area (TPSA) is 64.4 Å². The van der Waals surface area contributed by atoms with E-state index in [1.165, 1.54) is 12.1 Å². The summed E-state index contributed by atoms with van der Waals surface area (Å²) in [5.41, 5.74) is 5.60. The predicted molar refractivity (Wildman–Crippen MR) is 77.5 cm³/mol. The average molecular weight is 296 g/mol. The first kappa shape index (κ1) is 14.9. The number of ether oxygens (including phenoxy) is 1. The van der Waals surface area contributed by atoms with Crippen LogP contribution in [0, 0.1) is 11.2 Å². The van der Waals surface area contributed by atoms with E-state index in [0.717, 1.165) is 0 Å². The van der Waals surface area contributed by atoms with Crippen molar-refractivity contribution in [3.8, 4) is 0 Å². The highest BCUT2D eigenvalue weighted by Gasteiger charge is 2.42. The minimum Gasteiger partial charge on any atom is -0.392 e. The van der Waals surface area contributed by atoms with E-state index in [-0.39, 0.29) is 23.3 Å². The maximum atomic E-state index is 13.1. The molecule has 1 aromatic carbocycles. The number of rotatable bonds is 4. The fourth-order valence-corrected chi connectivity index (χ4v) is 2.60. The molecule has 0 spiro atoms. The van der Waals surface area contributed by atoms with Crippen LogP contribution in [-0.4, -0.2) is 24.1 Å². The van der Waals surface area contributed by atoms with Gasteiger partial charge in [0.2, 0.25) is 5.91 Å². The van der Waals surface area contributed by atoms with Crippen molar-refractivity contribution in [2.24, 2.45) is 11.1 Å². The Morgan fingerprint density at radius 2 is 2.15 bits per heavy atom. The maximum absolute atomic E-state index is 13.1. The molecule has 108 valence electrons. The summed E-state index contributed by atoms with van der Waals surface area (Å²) in [6.07, 6.45) is 0.967. The van der Waals surface area contributed by atoms with E-state index in [2.05, 4.69) is 5.32 Å². The molecule has 1 heterocycles. The number of hydrogen-bond donors (Lipinski definition) is 2. The summed E-state index contributed by atoms with van der Waals surface area (Å²) in [6, 6.07) is 6.10. The van der Waals surface area contributed by atoms with Gasteiger partial charge in [-0.1, -0.05) is 24.4 Å². The second-order valence-corrected chi connectivity index (χ2v) is 5.31. The molecule has 1 amide bonds. The van der Waals surface area contributed by atoms with Crippen molar-refractivity contribution in [2.75, 3.05) is 13.2 Å². The third kappa shape index (κ3) is 3.13. The second-order valence-electron chi connectivity index (χ2n) is 4.87. The quantitative estimate of drug-likeness (QED) is 0.827. The summed E-state index contributed by atoms with van der Waals surface area (Å²) >= 11 is 5.06. The minimum absolute atomic E-state index is 0.192. The lowest BCUT2D eigenvalue weighted by molar-refractivity contribution is -0.131. The second kappa shape index (κ2) is 6.28. The van der Waals surface area contributed by atoms with E-state index in [4.69, 9.17) is 22.7 Å². The van der Waals surface area contributed by atoms with Crippen LogP contribution in [0.25, 0.3) is 0 Å². The Morgan fingerprint density at radius 3 is 2.75 bits per heavy atom. The maximum Gasteiger partial charge on any atom is 0.233 e. The van der Waals surface area contributed by atoms with Gasteiger partial charge in [0, 0.05) is 19.8 Å². The van der Waals surface area contributed by atoms with E-state index >= 15 is 0 Å². The number of hydrogen-bond acceptors (Lipinski definition) is 3. The Morgan fingerprint density at radius 1 is 1.45 bits per heavy atom. The van der Waals surface area contributed by atoms with Gasteiger partial charge >= 0.3 is 0 Å². The molecule has 20 heavy (non-hydrogen) atoms. The van der Waals surface area contributed by atoms with Crippen LogP contribution in [0.4, 0.5) is 4.39 Å². The highest BCUT2D eigenvalue weighted by Crippen LogP contribution is 2.31. The SMILES string of the molecule is NC(=S)C1(C(=O)NCc2cccc(F)c2)CCOCC1. The average Bonchev–Trinajstić information content (AvgIpc) is 2.45. The van der Waals surface area contributed by atoms with Gasteiger partial charge in [0.15, 0.2) is 0 Å². The van der Waals surface area contributed by atoms with Gasteiger partial charge in [-0.05, 0) is 30.5 Å². The van der Waals surface area contributed by atoms with Crippen molar-refractivity contribution < 1.29 is 13.9 Å². The van der Waals surface area contributed by atoms with Gasteiger partial charge in [-0.15, -0.1) is 0 Å². The van der Waals surface area contributed by atoms with Crippen molar-refractivity contribution >= 4 is 23.1 Å². The summed E-state index contributed by atoms with van der Waals surface area (Å²) < 4.78 is 18.3. The smallest absolute Gasteiger partial charge is 0.233 e. The van der Waals surface area contributed by atoms with Crippen LogP contribution in [0.5, 0.6) is 0 Å². The molecule has 6 heteroatoms. The van der Waals surface area contributed by atoms with Crippen LogP contribution in [0.1, 0.15) is 18.4 Å². The van der Waals surface area contributed by atoms with Gasteiger partial charge in [0.05, 0.1) is 4.99 Å². The number of benzene rings is 1. The molecule has 0 aliphatic carbocycles. The molecule has 1 aromatic rings. The molecule has 0 radical (unpaired) electrons. The number of halogens is 1. The number of carbonyl (C=O) groups excluding carboxylic acids is 1. The Balaban J connectivity index is 2.04. The molecule has 1 aliphatic heterocycles. The molecule has 4 nitrogen and oxygen atoms in total. The summed E-state index contributed by atoms with van der Waals surface area (Å²) in [6.45, 7) is 1.18. The van der Waals surface area contributed by atoms with Crippen LogP contribution in [0.3, 0.4) is 0 Å². The number of nitrogens with one attached hydrogen (secondary N) is 1. The zero-order valence-corrected chi connectivity index (χ0v) is 11.8. The molecule has 1 fully saturated rings. The molecule has 1 saturated heterocycles. The van der Waals surface area contributed by atoms with Gasteiger partial charge in [-0.25, -0.2) is 4.39 Å². The molecule has 2 rings (SSSR count). The normalized spacial score (nSPS) is 17.4. The van der Waals surface area contributed by atoms with E-state index in [0.29, 0.717) is 31.6 Å². The van der Waals surface area contributed by atoms with Gasteiger partial charge < -0.3 is 15.8 Å². The molecule has 0 bridgehead atoms. The monoisotopic (exact) mass is 296 g/mol. The molecule has 0 aromatic heterocycles. The highest BCUT2D eigenvalue weighted by atomic mass is 32.1. The Hall–Kier alpha value is -1.53. The lowest BCUT2D eigenvalue weighted by Gasteiger charge is -2.34. The first-order chi connectivity index (χ1) is 9.54. The Kier molecular flexibility index (Phi) is 4.67. The first-order valence-electron chi connectivity index (χ1n) is 6.45. The van der Waals surface area contributed by atoms with E-state index in [1.807, 2.05) is 0 Å². The Bertz CT molecular complexity index is 516. The fraction of sp³-hybridized carbons (Fsp3) is 0.429. The van der Waals surface area contributed by atoms with Gasteiger partial charge in [0.1, 0.15) is 11.2 Å². The zero-order valence-electron chi connectivity index (χ0n) is 11.0. The van der Waals surface area contributed by atoms with Gasteiger partial charge in [-0.3, -0.25) is 4.79 Å². The van der Waals surface area contributed by atoms with Crippen molar-refractivity contribution in [1.29, 1.82) is 0 Å². The van der Waals surface area contributed by atoms with Crippen molar-refractivity contribution in [3.05, 3.63) is 35.6 Å². The number of thiocarbonyl (C=S) groups is 1. The lowest BCUT2D eigenvalue weighted by atomic mass is 9.79. The first-order valence-corrected chi connectivity index (χ1v) is 6.86. The number of carbonyl (C=O) groups is 1. The standard InChI is InChI=1S/C14H17FN2O2S/c15-11-3-1-2-10(8-11)9-17-13(18)14(12(16)20)4-6-19-7-5-14/h1-3,8H,4-7,9H2,(H2,16,20)(H,17,18). The van der Waals surface area contributed by atoms with Gasteiger partial charge in [-0.2, -0.15) is 0 Å². The lowest BCUT2D eigenvalue weighted by Crippen LogP contribution is -2.51. The van der Waals surface area contributed by atoms with Crippen molar-refractivity contribution in [3.63, 3.8) is 0 Å². The van der Waals surface area contributed by atoms with Crippen LogP contribution >= 0.6 is 12.2 Å². The van der Waals surface area contributed by atoms with Gasteiger partial charge in [0.25, 0.3) is 0 Å².